The number of benzene rings is 6. The Bertz CT molecular complexity index is 2310. The molecule has 2 unspecified atom stereocenters. The third-order valence-corrected chi connectivity index (χ3v) is 12.0. The molecule has 2 atom stereocenters. The Morgan fingerprint density at radius 2 is 0.755 bits per heavy atom. The third-order valence-electron chi connectivity index (χ3n) is 11.5. The lowest BCUT2D eigenvalue weighted by Crippen LogP contribution is -2.44. The molecule has 0 aliphatic heterocycles. The molecule has 3 heteroatoms. The second-order valence-electron chi connectivity index (χ2n) is 14.5. The zero-order valence-electron chi connectivity index (χ0n) is 28.9. The molecule has 0 saturated carbocycles. The predicted molar refractivity (Wildman–Crippen MR) is 204 cm³/mol. The molecular formula is C46H41BrO2. The Hall–Kier alpha value is -4.28. The van der Waals surface area contributed by atoms with Crippen LogP contribution in [0, 0.1) is 0 Å². The molecule has 0 heterocycles. The minimum absolute atomic E-state index is 0.218. The van der Waals surface area contributed by atoms with Crippen LogP contribution in [0.1, 0.15) is 97.2 Å². The van der Waals surface area contributed by atoms with Crippen LogP contribution in [-0.4, -0.2) is 10.2 Å². The van der Waals surface area contributed by atoms with E-state index in [1.807, 2.05) is 56.3 Å². The number of fused-ring (bicyclic) bond motifs is 8. The van der Waals surface area contributed by atoms with E-state index in [-0.39, 0.29) is 10.8 Å². The standard InChI is InChI=1S/C44H35BrO2.C2H6/c1-41(2)33-13-7-5-11-29(33)31-20-17-26(23-38(31)41)43(46)35-15-9-10-16-36(35)44(47,40-25-28(45)19-22-37(40)43)27-18-21-32-30-12-6-8-14-34(30)42(3,4)39(32)24-27;1-2/h5-25,46-47H,1-4H3;1-2H3. The summed E-state index contributed by atoms with van der Waals surface area (Å²) in [6.07, 6.45) is 0. The zero-order valence-corrected chi connectivity index (χ0v) is 30.5. The molecule has 244 valence electrons. The molecule has 0 fully saturated rings. The lowest BCUT2D eigenvalue weighted by molar-refractivity contribution is 0.0746. The minimum Gasteiger partial charge on any atom is -0.376 e. The first-order chi connectivity index (χ1) is 23.5. The van der Waals surface area contributed by atoms with E-state index in [0.29, 0.717) is 22.3 Å². The van der Waals surface area contributed by atoms with E-state index in [9.17, 15) is 10.2 Å². The van der Waals surface area contributed by atoms with Gasteiger partial charge in [-0.15, -0.1) is 0 Å². The van der Waals surface area contributed by atoms with Gasteiger partial charge in [0.15, 0.2) is 0 Å². The van der Waals surface area contributed by atoms with E-state index in [1.165, 1.54) is 44.5 Å². The highest BCUT2D eigenvalue weighted by atomic mass is 79.9. The van der Waals surface area contributed by atoms with Crippen LogP contribution < -0.4 is 0 Å². The SMILES string of the molecule is CC.CC1(C)c2ccccc2-c2ccc(C3(O)c4ccccc4C(O)(c4ccc5c(c4)C(C)(C)c4ccccc4-5)c4cc(Br)ccc43)cc21. The maximum atomic E-state index is 13.3. The highest BCUT2D eigenvalue weighted by molar-refractivity contribution is 9.10. The van der Waals surface area contributed by atoms with E-state index in [4.69, 9.17) is 0 Å². The number of hydrogen-bond acceptors (Lipinski definition) is 2. The number of halogens is 1. The fourth-order valence-corrected chi connectivity index (χ4v) is 9.38. The van der Waals surface area contributed by atoms with Crippen LogP contribution in [0.15, 0.2) is 132 Å². The monoisotopic (exact) mass is 704 g/mol. The zero-order chi connectivity index (χ0) is 34.5. The Morgan fingerprint density at radius 3 is 1.22 bits per heavy atom. The van der Waals surface area contributed by atoms with Crippen LogP contribution in [0.2, 0.25) is 0 Å². The summed E-state index contributed by atoms with van der Waals surface area (Å²) in [5.41, 5.74) is 10.7. The van der Waals surface area contributed by atoms with Crippen molar-refractivity contribution in [1.29, 1.82) is 0 Å². The summed E-state index contributed by atoms with van der Waals surface area (Å²) in [5.74, 6) is 0. The van der Waals surface area contributed by atoms with Crippen molar-refractivity contribution in [3.63, 3.8) is 0 Å². The summed E-state index contributed by atoms with van der Waals surface area (Å²) in [5, 5.41) is 26.6. The molecule has 0 aromatic heterocycles. The molecule has 9 rings (SSSR count). The summed E-state index contributed by atoms with van der Waals surface area (Å²) in [4.78, 5) is 0. The molecule has 49 heavy (non-hydrogen) atoms. The molecule has 0 saturated heterocycles. The van der Waals surface area contributed by atoms with E-state index in [1.54, 1.807) is 0 Å². The molecule has 3 aliphatic carbocycles. The maximum Gasteiger partial charge on any atom is 0.141 e. The van der Waals surface area contributed by atoms with Gasteiger partial charge in [0.25, 0.3) is 0 Å². The average Bonchev–Trinajstić information content (AvgIpc) is 3.50. The van der Waals surface area contributed by atoms with Crippen LogP contribution in [0.25, 0.3) is 22.3 Å². The molecule has 0 spiro atoms. The number of aliphatic hydroxyl groups is 2. The van der Waals surface area contributed by atoms with Gasteiger partial charge in [-0.25, -0.2) is 0 Å². The molecule has 0 radical (unpaired) electrons. The molecule has 2 N–H and O–H groups in total. The fourth-order valence-electron chi connectivity index (χ4n) is 9.02. The molecule has 3 aliphatic rings. The first-order valence-electron chi connectivity index (χ1n) is 17.3. The second-order valence-corrected chi connectivity index (χ2v) is 15.4. The smallest absolute Gasteiger partial charge is 0.141 e. The maximum absolute atomic E-state index is 13.3. The predicted octanol–water partition coefficient (Wildman–Crippen LogP) is 11.0. The molecule has 2 nitrogen and oxygen atoms in total. The van der Waals surface area contributed by atoms with E-state index < -0.39 is 11.2 Å². The van der Waals surface area contributed by atoms with Crippen LogP contribution in [0.3, 0.4) is 0 Å². The average molecular weight is 706 g/mol. The van der Waals surface area contributed by atoms with Crippen molar-refractivity contribution in [2.45, 2.75) is 63.6 Å². The Kier molecular flexibility index (Phi) is 7.08. The molecule has 6 aromatic rings. The summed E-state index contributed by atoms with van der Waals surface area (Å²) in [7, 11) is 0. The van der Waals surface area contributed by atoms with E-state index >= 15 is 0 Å². The van der Waals surface area contributed by atoms with Gasteiger partial charge >= 0.3 is 0 Å². The van der Waals surface area contributed by atoms with Crippen LogP contribution >= 0.6 is 15.9 Å². The van der Waals surface area contributed by atoms with E-state index in [2.05, 4.69) is 129 Å². The van der Waals surface area contributed by atoms with Crippen molar-refractivity contribution >= 4 is 15.9 Å². The van der Waals surface area contributed by atoms with Gasteiger partial charge in [0.2, 0.25) is 0 Å². The normalized spacial score (nSPS) is 21.2. The van der Waals surface area contributed by atoms with E-state index in [0.717, 1.165) is 15.6 Å². The van der Waals surface area contributed by atoms with Gasteiger partial charge in [0, 0.05) is 20.9 Å². The van der Waals surface area contributed by atoms with Crippen molar-refractivity contribution in [3.05, 3.63) is 188 Å². The van der Waals surface area contributed by atoms with Gasteiger partial charge in [-0.3, -0.25) is 0 Å². The second kappa shape index (κ2) is 10.9. The minimum atomic E-state index is -1.51. The Labute approximate surface area is 298 Å². The van der Waals surface area contributed by atoms with Crippen molar-refractivity contribution in [2.75, 3.05) is 0 Å². The Morgan fingerprint density at radius 1 is 0.388 bits per heavy atom. The van der Waals surface area contributed by atoms with Crippen LogP contribution in [0.5, 0.6) is 0 Å². The number of rotatable bonds is 2. The van der Waals surface area contributed by atoms with Crippen molar-refractivity contribution in [1.82, 2.24) is 0 Å². The summed E-state index contributed by atoms with van der Waals surface area (Å²) >= 11 is 3.72. The molecular weight excluding hydrogens is 664 g/mol. The van der Waals surface area contributed by atoms with Crippen LogP contribution in [-0.2, 0) is 22.0 Å². The summed E-state index contributed by atoms with van der Waals surface area (Å²) in [6, 6.07) is 43.8. The summed E-state index contributed by atoms with van der Waals surface area (Å²) in [6.45, 7) is 13.0. The van der Waals surface area contributed by atoms with Gasteiger partial charge in [-0.05, 0) is 84.5 Å². The van der Waals surface area contributed by atoms with Gasteiger partial charge < -0.3 is 10.2 Å². The van der Waals surface area contributed by atoms with Gasteiger partial charge in [-0.2, -0.15) is 0 Å². The largest absolute Gasteiger partial charge is 0.376 e. The lowest BCUT2D eigenvalue weighted by atomic mass is 9.63. The van der Waals surface area contributed by atoms with Crippen molar-refractivity contribution in [3.8, 4) is 22.3 Å². The highest BCUT2D eigenvalue weighted by Gasteiger charge is 2.52. The molecule has 0 amide bonds. The first kappa shape index (κ1) is 32.0. The topological polar surface area (TPSA) is 40.5 Å². The summed E-state index contributed by atoms with van der Waals surface area (Å²) < 4.78 is 0.843. The lowest BCUT2D eigenvalue weighted by Gasteiger charge is -2.45. The third kappa shape index (κ3) is 4.13. The van der Waals surface area contributed by atoms with Gasteiger partial charge in [-0.1, -0.05) is 173 Å². The van der Waals surface area contributed by atoms with Gasteiger partial charge in [0.1, 0.15) is 11.2 Å². The highest BCUT2D eigenvalue weighted by Crippen LogP contribution is 2.57. The van der Waals surface area contributed by atoms with Crippen molar-refractivity contribution < 1.29 is 10.2 Å². The van der Waals surface area contributed by atoms with Crippen LogP contribution in [0.4, 0.5) is 0 Å². The molecule has 0 bridgehead atoms. The van der Waals surface area contributed by atoms with Gasteiger partial charge in [0.05, 0.1) is 0 Å². The fraction of sp³-hybridized carbons (Fsp3) is 0.217. The molecule has 6 aromatic carbocycles. The first-order valence-corrected chi connectivity index (χ1v) is 18.1. The van der Waals surface area contributed by atoms with Crippen molar-refractivity contribution in [2.24, 2.45) is 0 Å². The quantitative estimate of drug-likeness (QED) is 0.188. The Balaban J connectivity index is 0.00000171. The number of hydrogen-bond donors (Lipinski definition) is 2.